The highest BCUT2D eigenvalue weighted by Crippen LogP contribution is 2.60. The molecule has 5 aliphatic rings. The summed E-state index contributed by atoms with van der Waals surface area (Å²) in [4.78, 5) is 0. The van der Waals surface area contributed by atoms with Crippen LogP contribution in [0, 0.1) is 60.2 Å². The number of anilines is 1. The fraction of sp³-hybridized carbons (Fsp3) is 0.400. The lowest BCUT2D eigenvalue weighted by atomic mass is 9.48. The predicted molar refractivity (Wildman–Crippen MR) is 162 cm³/mol. The van der Waals surface area contributed by atoms with Crippen LogP contribution in [0.5, 0.6) is 0 Å². The second kappa shape index (κ2) is 9.75. The Kier molecular flexibility index (Phi) is 6.14. The monoisotopic (exact) mass is 540 g/mol. The SMILES string of the molecule is Cc1cc(/C=C(/C#N)C2=NN(c3ccccc3)[C@H](N)[C@H]2C#N)c(C)n1-c1ccc(C23CC4CC(CC(C4)C2)C3)cc1. The van der Waals surface area contributed by atoms with E-state index in [9.17, 15) is 10.5 Å². The number of para-hydroxylation sites is 1. The standard InChI is InChI=1S/C35H36N6/c1-22-12-27(16-28(20-36)33-32(21-37)34(38)41(39-33)31-6-4-3-5-7-31)23(2)40(22)30-10-8-29(9-11-30)35-17-24-13-25(18-35)15-26(14-24)19-35/h3-12,16,24-26,32,34H,13-15,17-19,38H2,1-2H3/b28-16-/t24?,25?,26?,32-,34-,35?/m0/s1. The van der Waals surface area contributed by atoms with Gasteiger partial charge in [-0.1, -0.05) is 30.3 Å². The van der Waals surface area contributed by atoms with Gasteiger partial charge >= 0.3 is 0 Å². The number of hydrogen-bond donors (Lipinski definition) is 1. The Morgan fingerprint density at radius 1 is 0.927 bits per heavy atom. The molecule has 2 N–H and O–H groups in total. The number of nitrogens with two attached hydrogens (primary N) is 1. The maximum Gasteiger partial charge on any atom is 0.127 e. The molecule has 2 aromatic carbocycles. The molecule has 2 heterocycles. The highest BCUT2D eigenvalue weighted by Gasteiger charge is 2.51. The molecule has 4 aliphatic carbocycles. The van der Waals surface area contributed by atoms with Gasteiger partial charge < -0.3 is 10.3 Å². The Balaban J connectivity index is 1.19. The van der Waals surface area contributed by atoms with Crippen LogP contribution in [0.25, 0.3) is 11.8 Å². The van der Waals surface area contributed by atoms with Crippen molar-refractivity contribution in [2.24, 2.45) is 34.5 Å². The Morgan fingerprint density at radius 3 is 2.15 bits per heavy atom. The molecule has 41 heavy (non-hydrogen) atoms. The van der Waals surface area contributed by atoms with Crippen LogP contribution in [-0.2, 0) is 5.41 Å². The molecule has 206 valence electrons. The van der Waals surface area contributed by atoms with Crippen molar-refractivity contribution in [3.8, 4) is 17.8 Å². The molecule has 0 spiro atoms. The molecule has 0 unspecified atom stereocenters. The van der Waals surface area contributed by atoms with E-state index in [0.29, 0.717) is 16.7 Å². The third-order valence-electron chi connectivity index (χ3n) is 10.2. The van der Waals surface area contributed by atoms with Crippen LogP contribution >= 0.6 is 0 Å². The van der Waals surface area contributed by atoms with Crippen LogP contribution in [0.15, 0.2) is 71.3 Å². The summed E-state index contributed by atoms with van der Waals surface area (Å²) in [6.07, 6.45) is 9.66. The van der Waals surface area contributed by atoms with Crippen molar-refractivity contribution < 1.29 is 0 Å². The Hall–Kier alpha value is -4.13. The minimum atomic E-state index is -0.707. The van der Waals surface area contributed by atoms with Crippen LogP contribution in [0.4, 0.5) is 5.69 Å². The van der Waals surface area contributed by atoms with E-state index in [0.717, 1.165) is 46.1 Å². The van der Waals surface area contributed by atoms with Gasteiger partial charge in [0.15, 0.2) is 0 Å². The Labute approximate surface area is 242 Å². The van der Waals surface area contributed by atoms with Gasteiger partial charge in [0.05, 0.1) is 23.0 Å². The van der Waals surface area contributed by atoms with Crippen LogP contribution < -0.4 is 10.7 Å². The highest BCUT2D eigenvalue weighted by atomic mass is 15.5. The first-order chi connectivity index (χ1) is 19.9. The lowest BCUT2D eigenvalue weighted by Gasteiger charge is -2.57. The highest BCUT2D eigenvalue weighted by molar-refractivity contribution is 6.11. The number of rotatable bonds is 5. The lowest BCUT2D eigenvalue weighted by Crippen LogP contribution is -2.48. The minimum absolute atomic E-state index is 0.364. The number of hydrogen-bond acceptors (Lipinski definition) is 5. The van der Waals surface area contributed by atoms with Crippen LogP contribution in [0.2, 0.25) is 0 Å². The Morgan fingerprint density at radius 2 is 1.56 bits per heavy atom. The number of aromatic nitrogens is 1. The van der Waals surface area contributed by atoms with Gasteiger partial charge in [-0.05, 0) is 123 Å². The van der Waals surface area contributed by atoms with Crippen LogP contribution in [0.3, 0.4) is 0 Å². The smallest absolute Gasteiger partial charge is 0.127 e. The van der Waals surface area contributed by atoms with Crippen molar-refractivity contribution in [2.75, 3.05) is 5.01 Å². The van der Waals surface area contributed by atoms with E-state index in [2.05, 4.69) is 66.0 Å². The van der Waals surface area contributed by atoms with Crippen molar-refractivity contribution in [3.05, 3.63) is 88.8 Å². The van der Waals surface area contributed by atoms with E-state index in [1.165, 1.54) is 44.1 Å². The van der Waals surface area contributed by atoms with Gasteiger partial charge in [-0.2, -0.15) is 15.6 Å². The number of hydrazone groups is 1. The van der Waals surface area contributed by atoms with E-state index >= 15 is 0 Å². The van der Waals surface area contributed by atoms with Gasteiger partial charge in [0, 0.05) is 17.1 Å². The summed E-state index contributed by atoms with van der Waals surface area (Å²) in [5.74, 6) is 2.08. The topological polar surface area (TPSA) is 94.1 Å². The number of nitrogens with zero attached hydrogens (tertiary/aromatic N) is 5. The second-order valence-corrected chi connectivity index (χ2v) is 12.8. The first-order valence-corrected chi connectivity index (χ1v) is 14.9. The summed E-state index contributed by atoms with van der Waals surface area (Å²) in [6, 6.07) is 25.5. The summed E-state index contributed by atoms with van der Waals surface area (Å²) < 4.78 is 2.25. The first-order valence-electron chi connectivity index (χ1n) is 14.9. The Bertz CT molecular complexity index is 1590. The molecule has 1 aromatic heterocycles. The molecule has 4 fully saturated rings. The van der Waals surface area contributed by atoms with Gasteiger partial charge in [-0.3, -0.25) is 0 Å². The first kappa shape index (κ1) is 25.8. The fourth-order valence-electron chi connectivity index (χ4n) is 8.80. The van der Waals surface area contributed by atoms with E-state index in [4.69, 9.17) is 5.73 Å². The van der Waals surface area contributed by atoms with Crippen molar-refractivity contribution in [1.82, 2.24) is 4.57 Å². The van der Waals surface area contributed by atoms with E-state index < -0.39 is 12.1 Å². The summed E-state index contributed by atoms with van der Waals surface area (Å²) in [6.45, 7) is 4.18. The van der Waals surface area contributed by atoms with Crippen LogP contribution in [0.1, 0.15) is 61.0 Å². The molecule has 1 aliphatic heterocycles. The summed E-state index contributed by atoms with van der Waals surface area (Å²) >= 11 is 0. The number of nitriles is 2. The van der Waals surface area contributed by atoms with Gasteiger partial charge in [0.2, 0.25) is 0 Å². The number of allylic oxidation sites excluding steroid dienone is 1. The van der Waals surface area contributed by atoms with Gasteiger partial charge in [0.25, 0.3) is 0 Å². The van der Waals surface area contributed by atoms with Crippen molar-refractivity contribution in [1.29, 1.82) is 10.5 Å². The molecule has 0 amide bonds. The molecular formula is C35H36N6. The van der Waals surface area contributed by atoms with Crippen molar-refractivity contribution >= 4 is 17.5 Å². The van der Waals surface area contributed by atoms with E-state index in [1.807, 2.05) is 36.4 Å². The fourth-order valence-corrected chi connectivity index (χ4v) is 8.80. The van der Waals surface area contributed by atoms with Crippen molar-refractivity contribution in [2.45, 2.75) is 64.0 Å². The van der Waals surface area contributed by atoms with Gasteiger partial charge in [-0.25, -0.2) is 5.01 Å². The third kappa shape index (κ3) is 4.21. The average Bonchev–Trinajstić information content (AvgIpc) is 3.45. The molecule has 4 saturated carbocycles. The quantitative estimate of drug-likeness (QED) is 0.361. The molecular weight excluding hydrogens is 504 g/mol. The molecule has 4 bridgehead atoms. The molecule has 0 radical (unpaired) electrons. The zero-order valence-corrected chi connectivity index (χ0v) is 23.8. The molecule has 0 saturated heterocycles. The molecule has 3 aromatic rings. The van der Waals surface area contributed by atoms with Crippen molar-refractivity contribution in [3.63, 3.8) is 0 Å². The number of benzene rings is 2. The third-order valence-corrected chi connectivity index (χ3v) is 10.2. The predicted octanol–water partition coefficient (Wildman–Crippen LogP) is 6.77. The number of aryl methyl sites for hydroxylation is 1. The molecule has 2 atom stereocenters. The molecule has 6 heteroatoms. The second-order valence-electron chi connectivity index (χ2n) is 12.8. The minimum Gasteiger partial charge on any atom is -0.318 e. The van der Waals surface area contributed by atoms with E-state index in [-0.39, 0.29) is 0 Å². The van der Waals surface area contributed by atoms with E-state index in [1.54, 1.807) is 5.01 Å². The summed E-state index contributed by atoms with van der Waals surface area (Å²) in [5.41, 5.74) is 14.1. The largest absolute Gasteiger partial charge is 0.318 e. The molecule has 8 rings (SSSR count). The zero-order chi connectivity index (χ0) is 28.3. The maximum atomic E-state index is 10.2. The average molecular weight is 541 g/mol. The zero-order valence-electron chi connectivity index (χ0n) is 23.8. The maximum absolute atomic E-state index is 10.2. The van der Waals surface area contributed by atoms with Gasteiger partial charge in [-0.15, -0.1) is 0 Å². The van der Waals surface area contributed by atoms with Gasteiger partial charge in [0.1, 0.15) is 18.2 Å². The molecule has 6 nitrogen and oxygen atoms in total. The lowest BCUT2D eigenvalue weighted by molar-refractivity contribution is -0.00518. The summed E-state index contributed by atoms with van der Waals surface area (Å²) in [5, 5.41) is 26.4. The normalized spacial score (nSPS) is 30.3. The summed E-state index contributed by atoms with van der Waals surface area (Å²) in [7, 11) is 0. The van der Waals surface area contributed by atoms with Crippen LogP contribution in [-0.4, -0.2) is 16.4 Å².